The summed E-state index contributed by atoms with van der Waals surface area (Å²) in [5, 5.41) is 12.1. The van der Waals surface area contributed by atoms with E-state index in [1.54, 1.807) is 0 Å². The van der Waals surface area contributed by atoms with Crippen LogP contribution < -0.4 is 11.1 Å². The minimum atomic E-state index is -0.134. The third-order valence-electron chi connectivity index (χ3n) is 3.85. The zero-order chi connectivity index (χ0) is 13.4. The number of carbonyl (C=O) groups is 1. The van der Waals surface area contributed by atoms with Crippen LogP contribution in [-0.2, 0) is 4.79 Å². The van der Waals surface area contributed by atoms with E-state index in [2.05, 4.69) is 12.2 Å². The normalized spacial score (nSPS) is 24.4. The van der Waals surface area contributed by atoms with Gasteiger partial charge in [-0.3, -0.25) is 4.79 Å². The molecule has 0 aromatic heterocycles. The molecule has 0 aromatic carbocycles. The molecule has 1 rings (SSSR count). The number of hydrogen-bond donors (Lipinski definition) is 3. The second-order valence-corrected chi connectivity index (χ2v) is 5.57. The van der Waals surface area contributed by atoms with Crippen LogP contribution in [0.2, 0.25) is 0 Å². The Kier molecular flexibility index (Phi) is 7.28. The minimum Gasteiger partial charge on any atom is -0.393 e. The van der Waals surface area contributed by atoms with Gasteiger partial charge in [-0.25, -0.2) is 0 Å². The van der Waals surface area contributed by atoms with Crippen molar-refractivity contribution in [3.05, 3.63) is 0 Å². The molecule has 1 aliphatic carbocycles. The van der Waals surface area contributed by atoms with Crippen LogP contribution in [0.3, 0.4) is 0 Å². The molecule has 1 aliphatic rings. The summed E-state index contributed by atoms with van der Waals surface area (Å²) in [6.07, 6.45) is 6.45. The molecule has 1 amide bonds. The monoisotopic (exact) mass is 256 g/mol. The molecule has 4 nitrogen and oxygen atoms in total. The van der Waals surface area contributed by atoms with Crippen molar-refractivity contribution in [1.82, 2.24) is 5.32 Å². The summed E-state index contributed by atoms with van der Waals surface area (Å²) in [5.74, 6) is 1.23. The van der Waals surface area contributed by atoms with Gasteiger partial charge in [-0.1, -0.05) is 19.8 Å². The second-order valence-electron chi connectivity index (χ2n) is 5.57. The van der Waals surface area contributed by atoms with Gasteiger partial charge in [-0.05, 0) is 44.1 Å². The van der Waals surface area contributed by atoms with E-state index >= 15 is 0 Å². The summed E-state index contributed by atoms with van der Waals surface area (Å²) in [6.45, 7) is 3.61. The highest BCUT2D eigenvalue weighted by Crippen LogP contribution is 2.26. The van der Waals surface area contributed by atoms with Crippen molar-refractivity contribution in [3.63, 3.8) is 0 Å². The molecule has 0 bridgehead atoms. The van der Waals surface area contributed by atoms with Gasteiger partial charge in [0.15, 0.2) is 0 Å². The van der Waals surface area contributed by atoms with Gasteiger partial charge in [-0.2, -0.15) is 0 Å². The molecule has 1 atom stereocenters. The molecule has 1 fully saturated rings. The Morgan fingerprint density at radius 2 is 2.11 bits per heavy atom. The van der Waals surface area contributed by atoms with Crippen LogP contribution >= 0.6 is 0 Å². The molecule has 0 heterocycles. The molecule has 106 valence electrons. The van der Waals surface area contributed by atoms with Crippen LogP contribution in [0, 0.1) is 11.8 Å². The lowest BCUT2D eigenvalue weighted by Crippen LogP contribution is -2.38. The lowest BCUT2D eigenvalue weighted by molar-refractivity contribution is -0.122. The highest BCUT2D eigenvalue weighted by molar-refractivity contribution is 5.75. The molecule has 18 heavy (non-hydrogen) atoms. The fourth-order valence-corrected chi connectivity index (χ4v) is 2.63. The first-order valence-electron chi connectivity index (χ1n) is 7.30. The van der Waals surface area contributed by atoms with Gasteiger partial charge in [0.1, 0.15) is 0 Å². The summed E-state index contributed by atoms with van der Waals surface area (Å²) in [4.78, 5) is 11.7. The maximum atomic E-state index is 11.7. The Bertz CT molecular complexity index is 234. The Balaban J connectivity index is 2.07. The topological polar surface area (TPSA) is 75.4 Å². The standard InChI is InChI=1S/C14H28N2O2/c1-2-3-11(6-7-15)4-5-14(18)16-10-12-8-13(17)9-12/h11-13,17H,2-10,15H2,1H3,(H,16,18). The van der Waals surface area contributed by atoms with E-state index in [-0.39, 0.29) is 12.0 Å². The molecule has 0 saturated heterocycles. The van der Waals surface area contributed by atoms with Crippen molar-refractivity contribution in [1.29, 1.82) is 0 Å². The highest BCUT2D eigenvalue weighted by atomic mass is 16.3. The van der Waals surface area contributed by atoms with Gasteiger partial charge in [0.25, 0.3) is 0 Å². The summed E-state index contributed by atoms with van der Waals surface area (Å²) in [5.41, 5.74) is 5.58. The Hall–Kier alpha value is -0.610. The van der Waals surface area contributed by atoms with E-state index in [9.17, 15) is 4.79 Å². The van der Waals surface area contributed by atoms with Crippen LogP contribution in [-0.4, -0.2) is 30.2 Å². The van der Waals surface area contributed by atoms with Crippen LogP contribution in [0.15, 0.2) is 0 Å². The van der Waals surface area contributed by atoms with Crippen molar-refractivity contribution in [2.45, 2.75) is 58.0 Å². The smallest absolute Gasteiger partial charge is 0.220 e. The number of amides is 1. The number of aliphatic hydroxyl groups is 1. The van der Waals surface area contributed by atoms with Crippen LogP contribution in [0.25, 0.3) is 0 Å². The SMILES string of the molecule is CCCC(CCN)CCC(=O)NCC1CC(O)C1. The van der Waals surface area contributed by atoms with Gasteiger partial charge in [0.05, 0.1) is 6.10 Å². The predicted molar refractivity (Wildman–Crippen MR) is 73.0 cm³/mol. The quantitative estimate of drug-likeness (QED) is 0.584. The summed E-state index contributed by atoms with van der Waals surface area (Å²) < 4.78 is 0. The van der Waals surface area contributed by atoms with Crippen molar-refractivity contribution in [3.8, 4) is 0 Å². The molecule has 0 aromatic rings. The molecule has 4 N–H and O–H groups in total. The minimum absolute atomic E-state index is 0.134. The first kappa shape index (κ1) is 15.4. The Morgan fingerprint density at radius 3 is 2.67 bits per heavy atom. The molecule has 1 saturated carbocycles. The van der Waals surface area contributed by atoms with E-state index in [1.807, 2.05) is 0 Å². The lowest BCUT2D eigenvalue weighted by atomic mass is 9.82. The van der Waals surface area contributed by atoms with Crippen molar-refractivity contribution < 1.29 is 9.90 Å². The lowest BCUT2D eigenvalue weighted by Gasteiger charge is -2.31. The van der Waals surface area contributed by atoms with Crippen molar-refractivity contribution in [2.75, 3.05) is 13.1 Å². The predicted octanol–water partition coefficient (Wildman–Crippen LogP) is 1.42. The van der Waals surface area contributed by atoms with Crippen LogP contribution in [0.1, 0.15) is 51.9 Å². The molecule has 0 spiro atoms. The van der Waals surface area contributed by atoms with E-state index in [0.717, 1.165) is 38.6 Å². The van der Waals surface area contributed by atoms with Gasteiger partial charge < -0.3 is 16.2 Å². The van der Waals surface area contributed by atoms with Gasteiger partial charge in [0.2, 0.25) is 5.91 Å². The fourth-order valence-electron chi connectivity index (χ4n) is 2.63. The third-order valence-corrected chi connectivity index (χ3v) is 3.85. The number of hydrogen-bond acceptors (Lipinski definition) is 3. The molecule has 0 aliphatic heterocycles. The van der Waals surface area contributed by atoms with E-state index in [4.69, 9.17) is 10.8 Å². The van der Waals surface area contributed by atoms with Crippen LogP contribution in [0.5, 0.6) is 0 Å². The number of rotatable bonds is 9. The van der Waals surface area contributed by atoms with Crippen LogP contribution in [0.4, 0.5) is 0 Å². The molecular formula is C14H28N2O2. The maximum Gasteiger partial charge on any atom is 0.220 e. The summed E-state index contributed by atoms with van der Waals surface area (Å²) in [7, 11) is 0. The number of nitrogens with one attached hydrogen (secondary N) is 1. The fraction of sp³-hybridized carbons (Fsp3) is 0.929. The number of nitrogens with two attached hydrogens (primary N) is 1. The molecule has 4 heteroatoms. The highest BCUT2D eigenvalue weighted by Gasteiger charge is 2.27. The first-order chi connectivity index (χ1) is 8.65. The Morgan fingerprint density at radius 1 is 1.39 bits per heavy atom. The van der Waals surface area contributed by atoms with Crippen molar-refractivity contribution >= 4 is 5.91 Å². The van der Waals surface area contributed by atoms with Gasteiger partial charge >= 0.3 is 0 Å². The summed E-state index contributed by atoms with van der Waals surface area (Å²) >= 11 is 0. The first-order valence-corrected chi connectivity index (χ1v) is 7.30. The zero-order valence-electron chi connectivity index (χ0n) is 11.5. The van der Waals surface area contributed by atoms with E-state index in [0.29, 0.717) is 24.8 Å². The molecule has 0 radical (unpaired) electrons. The number of carbonyl (C=O) groups excluding carboxylic acids is 1. The van der Waals surface area contributed by atoms with Crippen molar-refractivity contribution in [2.24, 2.45) is 17.6 Å². The van der Waals surface area contributed by atoms with E-state index in [1.165, 1.54) is 6.42 Å². The largest absolute Gasteiger partial charge is 0.393 e. The zero-order valence-corrected chi connectivity index (χ0v) is 11.5. The second kappa shape index (κ2) is 8.48. The molecular weight excluding hydrogens is 228 g/mol. The van der Waals surface area contributed by atoms with Gasteiger partial charge in [0, 0.05) is 13.0 Å². The summed E-state index contributed by atoms with van der Waals surface area (Å²) in [6, 6.07) is 0. The average molecular weight is 256 g/mol. The number of aliphatic hydroxyl groups excluding tert-OH is 1. The average Bonchev–Trinajstić information content (AvgIpc) is 2.31. The van der Waals surface area contributed by atoms with Gasteiger partial charge in [-0.15, -0.1) is 0 Å². The van der Waals surface area contributed by atoms with E-state index < -0.39 is 0 Å². The third kappa shape index (κ3) is 5.83. The maximum absolute atomic E-state index is 11.7. The Labute approximate surface area is 110 Å². The molecule has 1 unspecified atom stereocenters.